The predicted molar refractivity (Wildman–Crippen MR) is 144 cm³/mol. The summed E-state index contributed by atoms with van der Waals surface area (Å²) in [5.41, 5.74) is 2.68. The molecule has 10 heteroatoms. The molecule has 1 unspecified atom stereocenters. The Hall–Kier alpha value is -4.28. The second-order valence-electron chi connectivity index (χ2n) is 9.05. The molecule has 0 spiro atoms. The van der Waals surface area contributed by atoms with Crippen LogP contribution in [0.3, 0.4) is 0 Å². The minimum absolute atomic E-state index is 0.00998. The van der Waals surface area contributed by atoms with E-state index >= 15 is 0 Å². The lowest BCUT2D eigenvalue weighted by molar-refractivity contribution is -0.122. The fourth-order valence-corrected chi connectivity index (χ4v) is 6.33. The summed E-state index contributed by atoms with van der Waals surface area (Å²) in [6.45, 7) is 1.35. The highest BCUT2D eigenvalue weighted by molar-refractivity contribution is 7.89. The number of para-hydroxylation sites is 2. The third-order valence-electron chi connectivity index (χ3n) is 6.54. The van der Waals surface area contributed by atoms with Crippen molar-refractivity contribution in [1.82, 2.24) is 9.29 Å². The van der Waals surface area contributed by atoms with Crippen LogP contribution in [0.1, 0.15) is 18.9 Å². The third kappa shape index (κ3) is 4.83. The van der Waals surface area contributed by atoms with Crippen LogP contribution in [0.2, 0.25) is 0 Å². The van der Waals surface area contributed by atoms with Crippen molar-refractivity contribution >= 4 is 50.0 Å². The van der Waals surface area contributed by atoms with Gasteiger partial charge in [0.1, 0.15) is 6.04 Å². The number of imide groups is 1. The van der Waals surface area contributed by atoms with E-state index in [-0.39, 0.29) is 23.8 Å². The molecule has 1 fully saturated rings. The zero-order valence-corrected chi connectivity index (χ0v) is 21.4. The van der Waals surface area contributed by atoms with Gasteiger partial charge in [-0.2, -0.15) is 4.31 Å². The fourth-order valence-electron chi connectivity index (χ4n) is 4.75. The number of H-pyrrole nitrogens is 1. The van der Waals surface area contributed by atoms with Crippen molar-refractivity contribution in [3.63, 3.8) is 0 Å². The van der Waals surface area contributed by atoms with Crippen LogP contribution in [0.15, 0.2) is 90.0 Å². The lowest BCUT2D eigenvalue weighted by atomic mass is 10.1. The average Bonchev–Trinajstić information content (AvgIpc) is 3.44. The number of nitrogens with one attached hydrogen (secondary N) is 2. The number of sulfonamides is 1. The summed E-state index contributed by atoms with van der Waals surface area (Å²) in [5, 5.41) is 3.57. The number of carbonyl (C=O) groups is 3. The molecule has 3 amide bonds. The van der Waals surface area contributed by atoms with E-state index < -0.39 is 27.9 Å². The first kappa shape index (κ1) is 25.4. The molecule has 3 aromatic carbocycles. The van der Waals surface area contributed by atoms with Crippen molar-refractivity contribution in [2.45, 2.75) is 30.7 Å². The first-order valence-corrected chi connectivity index (χ1v) is 13.6. The number of aromatic nitrogens is 1. The van der Waals surface area contributed by atoms with Crippen LogP contribution in [0.4, 0.5) is 11.4 Å². The van der Waals surface area contributed by atoms with Gasteiger partial charge in [0, 0.05) is 36.3 Å². The zero-order valence-electron chi connectivity index (χ0n) is 20.6. The van der Waals surface area contributed by atoms with Gasteiger partial charge in [0.2, 0.25) is 21.8 Å². The second-order valence-corrected chi connectivity index (χ2v) is 10.9. The van der Waals surface area contributed by atoms with E-state index in [1.807, 2.05) is 30.5 Å². The van der Waals surface area contributed by atoms with Gasteiger partial charge in [-0.3, -0.25) is 14.4 Å². The Labute approximate surface area is 220 Å². The molecular formula is C28H26N4O5S. The van der Waals surface area contributed by atoms with Gasteiger partial charge in [0.25, 0.3) is 5.91 Å². The summed E-state index contributed by atoms with van der Waals surface area (Å²) in [4.78, 5) is 42.1. The van der Waals surface area contributed by atoms with Gasteiger partial charge in [-0.1, -0.05) is 36.4 Å². The van der Waals surface area contributed by atoms with Crippen LogP contribution in [0.25, 0.3) is 10.9 Å². The molecule has 1 aromatic heterocycles. The summed E-state index contributed by atoms with van der Waals surface area (Å²) in [7, 11) is -4.19. The molecule has 0 saturated carbocycles. The van der Waals surface area contributed by atoms with Crippen LogP contribution < -0.4 is 10.2 Å². The molecule has 1 atom stereocenters. The molecule has 0 radical (unpaired) electrons. The molecule has 1 aliphatic rings. The molecule has 5 rings (SSSR count). The molecule has 0 aliphatic carbocycles. The Morgan fingerprint density at radius 1 is 1.00 bits per heavy atom. The molecule has 194 valence electrons. The summed E-state index contributed by atoms with van der Waals surface area (Å²) >= 11 is 0. The van der Waals surface area contributed by atoms with Gasteiger partial charge in [-0.15, -0.1) is 0 Å². The maximum absolute atomic E-state index is 13.9. The highest BCUT2D eigenvalue weighted by Gasteiger charge is 2.46. The Kier molecular flexibility index (Phi) is 6.83. The number of hydrogen-bond acceptors (Lipinski definition) is 5. The first-order chi connectivity index (χ1) is 18.3. The number of nitrogens with zero attached hydrogens (tertiary/aromatic N) is 2. The van der Waals surface area contributed by atoms with Gasteiger partial charge < -0.3 is 10.3 Å². The van der Waals surface area contributed by atoms with Crippen molar-refractivity contribution in [3.05, 3.63) is 90.6 Å². The maximum Gasteiger partial charge on any atom is 0.252 e. The summed E-state index contributed by atoms with van der Waals surface area (Å²) in [6, 6.07) is 20.7. The number of carbonyl (C=O) groups excluding carboxylic acids is 3. The molecule has 2 heterocycles. The summed E-state index contributed by atoms with van der Waals surface area (Å²) < 4.78 is 29.0. The van der Waals surface area contributed by atoms with E-state index in [0.717, 1.165) is 25.7 Å². The number of rotatable bonds is 8. The van der Waals surface area contributed by atoms with E-state index in [1.165, 1.54) is 31.2 Å². The van der Waals surface area contributed by atoms with Crippen LogP contribution in [-0.4, -0.2) is 48.0 Å². The lowest BCUT2D eigenvalue weighted by Gasteiger charge is -2.27. The van der Waals surface area contributed by atoms with Crippen molar-refractivity contribution < 1.29 is 22.8 Å². The van der Waals surface area contributed by atoms with E-state index in [0.29, 0.717) is 17.8 Å². The summed E-state index contributed by atoms with van der Waals surface area (Å²) in [6.07, 6.45) is 1.90. The molecule has 2 N–H and O–H groups in total. The van der Waals surface area contributed by atoms with Crippen LogP contribution in [0, 0.1) is 0 Å². The van der Waals surface area contributed by atoms with E-state index in [1.54, 1.807) is 30.3 Å². The Bertz CT molecular complexity index is 1610. The number of anilines is 2. The smallest absolute Gasteiger partial charge is 0.252 e. The Balaban J connectivity index is 1.50. The molecular weight excluding hydrogens is 504 g/mol. The quantitative estimate of drug-likeness (QED) is 0.337. The topological polar surface area (TPSA) is 120 Å². The first-order valence-electron chi connectivity index (χ1n) is 12.1. The molecule has 9 nitrogen and oxygen atoms in total. The number of fused-ring (bicyclic) bond motifs is 1. The predicted octanol–water partition coefficient (Wildman–Crippen LogP) is 3.69. The van der Waals surface area contributed by atoms with E-state index in [2.05, 4.69) is 10.3 Å². The van der Waals surface area contributed by atoms with Crippen molar-refractivity contribution in [1.29, 1.82) is 0 Å². The Morgan fingerprint density at radius 3 is 2.39 bits per heavy atom. The zero-order chi connectivity index (χ0) is 26.9. The van der Waals surface area contributed by atoms with Crippen LogP contribution in [0.5, 0.6) is 0 Å². The third-order valence-corrected chi connectivity index (χ3v) is 8.46. The van der Waals surface area contributed by atoms with Crippen molar-refractivity contribution in [2.24, 2.45) is 0 Å². The van der Waals surface area contributed by atoms with Gasteiger partial charge in [-0.05, 0) is 54.4 Å². The SMILES string of the molecule is CC(=O)Nc1ccc(S(=O)(=O)N(CCc2c[nH]c3ccccc23)C2CC(=O)N(c3ccccc3)C2=O)cc1. The molecule has 1 saturated heterocycles. The lowest BCUT2D eigenvalue weighted by Crippen LogP contribution is -2.46. The highest BCUT2D eigenvalue weighted by Crippen LogP contribution is 2.30. The van der Waals surface area contributed by atoms with Gasteiger partial charge in [-0.25, -0.2) is 13.3 Å². The maximum atomic E-state index is 13.9. The Morgan fingerprint density at radius 2 is 1.68 bits per heavy atom. The van der Waals surface area contributed by atoms with Gasteiger partial charge in [0.05, 0.1) is 17.0 Å². The fraction of sp³-hybridized carbons (Fsp3) is 0.179. The van der Waals surface area contributed by atoms with Gasteiger partial charge >= 0.3 is 0 Å². The van der Waals surface area contributed by atoms with Gasteiger partial charge in [0.15, 0.2) is 0 Å². The molecule has 1 aliphatic heterocycles. The number of benzene rings is 3. The van der Waals surface area contributed by atoms with Crippen molar-refractivity contribution in [3.8, 4) is 0 Å². The second kappa shape index (κ2) is 10.2. The number of amides is 3. The minimum Gasteiger partial charge on any atom is -0.361 e. The normalized spacial score (nSPS) is 15.9. The molecule has 38 heavy (non-hydrogen) atoms. The monoisotopic (exact) mass is 530 g/mol. The summed E-state index contributed by atoms with van der Waals surface area (Å²) in [5.74, 6) is -1.32. The van der Waals surface area contributed by atoms with E-state index in [4.69, 9.17) is 0 Å². The highest BCUT2D eigenvalue weighted by atomic mass is 32.2. The van der Waals surface area contributed by atoms with Crippen LogP contribution >= 0.6 is 0 Å². The number of hydrogen-bond donors (Lipinski definition) is 2. The average molecular weight is 531 g/mol. The van der Waals surface area contributed by atoms with E-state index in [9.17, 15) is 22.8 Å². The largest absolute Gasteiger partial charge is 0.361 e. The van der Waals surface area contributed by atoms with Crippen molar-refractivity contribution in [2.75, 3.05) is 16.8 Å². The standard InChI is InChI=1S/C28H26N4O5S/c1-19(33)30-21-11-13-23(14-12-21)38(36,37)31(16-15-20-18-29-25-10-6-5-9-24(20)25)26-17-27(34)32(28(26)35)22-7-3-2-4-8-22/h2-14,18,26,29H,15-17H2,1H3,(H,30,33). The molecule has 4 aromatic rings. The number of aromatic amines is 1. The minimum atomic E-state index is -4.19. The van der Waals surface area contributed by atoms with Crippen LogP contribution in [-0.2, 0) is 30.8 Å². The molecule has 0 bridgehead atoms.